The number of rotatable bonds is 2. The van der Waals surface area contributed by atoms with Gasteiger partial charge in [0.2, 0.25) is 0 Å². The molecule has 0 amide bonds. The third-order valence-corrected chi connectivity index (χ3v) is 0.929. The molecule has 0 aliphatic rings. The fourth-order valence-electron chi connectivity index (χ4n) is 0.321. The summed E-state index contributed by atoms with van der Waals surface area (Å²) < 4.78 is 0. The quantitative estimate of drug-likeness (QED) is 0.620. The first-order valence-electron chi connectivity index (χ1n) is 3.81. The largest absolute Gasteiger partial charge is 0.370 e. The second-order valence-electron chi connectivity index (χ2n) is 3.93. The van der Waals surface area contributed by atoms with E-state index in [4.69, 9.17) is 4.84 Å². The van der Waals surface area contributed by atoms with Gasteiger partial charge >= 0.3 is 5.97 Å². The van der Waals surface area contributed by atoms with Crippen LogP contribution in [-0.2, 0) is 9.63 Å². The lowest BCUT2D eigenvalue weighted by molar-refractivity contribution is -0.159. The van der Waals surface area contributed by atoms with Gasteiger partial charge in [-0.15, -0.1) is 5.48 Å². The van der Waals surface area contributed by atoms with Crippen LogP contribution < -0.4 is 5.48 Å². The number of nitrogens with one attached hydrogen (secondary N) is 1. The molecule has 0 aromatic carbocycles. The van der Waals surface area contributed by atoms with Crippen LogP contribution in [0.1, 0.15) is 34.6 Å². The van der Waals surface area contributed by atoms with Gasteiger partial charge in [0.25, 0.3) is 0 Å². The lowest BCUT2D eigenvalue weighted by Crippen LogP contribution is -2.38. The van der Waals surface area contributed by atoms with Crippen LogP contribution in [-0.4, -0.2) is 11.5 Å². The van der Waals surface area contributed by atoms with Gasteiger partial charge in [-0.05, 0) is 20.8 Å². The van der Waals surface area contributed by atoms with E-state index < -0.39 is 0 Å². The van der Waals surface area contributed by atoms with E-state index in [2.05, 4.69) is 5.48 Å². The number of carbonyl (C=O) groups excluding carboxylic acids is 1. The molecule has 66 valence electrons. The lowest BCUT2D eigenvalue weighted by Gasteiger charge is -2.19. The van der Waals surface area contributed by atoms with Gasteiger partial charge in [0, 0.05) is 5.54 Å². The van der Waals surface area contributed by atoms with E-state index >= 15 is 0 Å². The van der Waals surface area contributed by atoms with Crippen molar-refractivity contribution < 1.29 is 9.63 Å². The Morgan fingerprint density at radius 3 is 2.09 bits per heavy atom. The SMILES string of the molecule is CC(C)C(=O)ONC(C)(C)C. The third-order valence-electron chi connectivity index (χ3n) is 0.929. The van der Waals surface area contributed by atoms with Gasteiger partial charge in [0.05, 0.1) is 5.92 Å². The first-order valence-corrected chi connectivity index (χ1v) is 3.81. The van der Waals surface area contributed by atoms with Crippen LogP contribution in [0.15, 0.2) is 0 Å². The van der Waals surface area contributed by atoms with Crippen molar-refractivity contribution in [3.05, 3.63) is 0 Å². The fourth-order valence-corrected chi connectivity index (χ4v) is 0.321. The standard InChI is InChI=1S/C8H17NO2/c1-6(2)7(10)11-9-8(3,4)5/h6,9H,1-5H3. The van der Waals surface area contributed by atoms with Crippen LogP contribution in [0.2, 0.25) is 0 Å². The van der Waals surface area contributed by atoms with Crippen molar-refractivity contribution in [2.45, 2.75) is 40.2 Å². The molecule has 0 fully saturated rings. The zero-order valence-electron chi connectivity index (χ0n) is 7.89. The van der Waals surface area contributed by atoms with Crippen LogP contribution >= 0.6 is 0 Å². The van der Waals surface area contributed by atoms with Gasteiger partial charge in [0.15, 0.2) is 0 Å². The summed E-state index contributed by atoms with van der Waals surface area (Å²) in [4.78, 5) is 15.7. The van der Waals surface area contributed by atoms with Gasteiger partial charge in [-0.3, -0.25) is 4.79 Å². The Bertz CT molecular complexity index is 136. The Kier molecular flexibility index (Phi) is 3.52. The average Bonchev–Trinajstić information content (AvgIpc) is 1.80. The maximum atomic E-state index is 10.9. The van der Waals surface area contributed by atoms with Gasteiger partial charge in [-0.25, -0.2) is 0 Å². The Morgan fingerprint density at radius 1 is 1.36 bits per heavy atom. The summed E-state index contributed by atoms with van der Waals surface area (Å²) in [6.45, 7) is 9.39. The molecule has 0 heterocycles. The second kappa shape index (κ2) is 3.72. The highest BCUT2D eigenvalue weighted by Gasteiger charge is 2.14. The predicted octanol–water partition coefficient (Wildman–Crippen LogP) is 1.49. The zero-order valence-corrected chi connectivity index (χ0v) is 7.89. The Labute approximate surface area is 68.1 Å². The average molecular weight is 159 g/mol. The molecule has 0 aliphatic heterocycles. The smallest absolute Gasteiger partial charge is 0.327 e. The minimum Gasteiger partial charge on any atom is -0.370 e. The number of hydroxylamine groups is 1. The van der Waals surface area contributed by atoms with E-state index in [0.29, 0.717) is 0 Å². The monoisotopic (exact) mass is 159 g/mol. The van der Waals surface area contributed by atoms with Crippen molar-refractivity contribution >= 4 is 5.97 Å². The summed E-state index contributed by atoms with van der Waals surface area (Å²) >= 11 is 0. The molecule has 0 rings (SSSR count). The third kappa shape index (κ3) is 5.85. The highest BCUT2D eigenvalue weighted by atomic mass is 16.7. The first kappa shape index (κ1) is 10.4. The molecule has 0 aliphatic carbocycles. The molecule has 3 nitrogen and oxygen atoms in total. The first-order chi connectivity index (χ1) is 4.83. The minimum atomic E-state index is -0.222. The molecule has 0 aromatic rings. The summed E-state index contributed by atoms with van der Waals surface area (Å²) in [5, 5.41) is 0. The molecule has 0 aromatic heterocycles. The van der Waals surface area contributed by atoms with Crippen LogP contribution in [0.4, 0.5) is 0 Å². The molecule has 3 heteroatoms. The Balaban J connectivity index is 3.64. The summed E-state index contributed by atoms with van der Waals surface area (Å²) in [6.07, 6.45) is 0. The molecule has 0 spiro atoms. The van der Waals surface area contributed by atoms with Gasteiger partial charge in [-0.1, -0.05) is 13.8 Å². The molecule has 0 unspecified atom stereocenters. The van der Waals surface area contributed by atoms with E-state index in [-0.39, 0.29) is 17.4 Å². The van der Waals surface area contributed by atoms with E-state index in [0.717, 1.165) is 0 Å². The van der Waals surface area contributed by atoms with Crippen molar-refractivity contribution in [3.8, 4) is 0 Å². The Hall–Kier alpha value is -0.570. The number of hydrogen-bond acceptors (Lipinski definition) is 3. The molecule has 0 bridgehead atoms. The van der Waals surface area contributed by atoms with Crippen LogP contribution in [0, 0.1) is 5.92 Å². The maximum absolute atomic E-state index is 10.9. The van der Waals surface area contributed by atoms with Gasteiger partial charge in [-0.2, -0.15) is 0 Å². The molecule has 0 atom stereocenters. The topological polar surface area (TPSA) is 38.3 Å². The van der Waals surface area contributed by atoms with Crippen molar-refractivity contribution in [3.63, 3.8) is 0 Å². The molecule has 0 saturated heterocycles. The predicted molar refractivity (Wildman–Crippen MR) is 43.8 cm³/mol. The highest BCUT2D eigenvalue weighted by molar-refractivity contribution is 5.71. The summed E-state index contributed by atoms with van der Waals surface area (Å²) in [6, 6.07) is 0. The van der Waals surface area contributed by atoms with Crippen molar-refractivity contribution in [2.24, 2.45) is 5.92 Å². The van der Waals surface area contributed by atoms with Gasteiger partial charge < -0.3 is 4.84 Å². The van der Waals surface area contributed by atoms with Crippen LogP contribution in [0.5, 0.6) is 0 Å². The van der Waals surface area contributed by atoms with Gasteiger partial charge in [0.1, 0.15) is 0 Å². The minimum absolute atomic E-state index is 0.0788. The zero-order chi connectivity index (χ0) is 9.07. The van der Waals surface area contributed by atoms with Crippen molar-refractivity contribution in [1.29, 1.82) is 0 Å². The molecule has 11 heavy (non-hydrogen) atoms. The van der Waals surface area contributed by atoms with E-state index in [9.17, 15) is 4.79 Å². The number of hydrogen-bond donors (Lipinski definition) is 1. The molecule has 0 saturated carbocycles. The molecular formula is C8H17NO2. The van der Waals surface area contributed by atoms with Crippen LogP contribution in [0.25, 0.3) is 0 Å². The van der Waals surface area contributed by atoms with Crippen molar-refractivity contribution in [1.82, 2.24) is 5.48 Å². The molecule has 1 N–H and O–H groups in total. The van der Waals surface area contributed by atoms with Crippen LogP contribution in [0.3, 0.4) is 0 Å². The normalized spacial score (nSPS) is 11.8. The van der Waals surface area contributed by atoms with Crippen molar-refractivity contribution in [2.75, 3.05) is 0 Å². The second-order valence-corrected chi connectivity index (χ2v) is 3.93. The molecule has 0 radical (unpaired) electrons. The summed E-state index contributed by atoms with van der Waals surface area (Å²) in [5.74, 6) is -0.301. The number of carbonyl (C=O) groups is 1. The van der Waals surface area contributed by atoms with E-state index in [1.54, 1.807) is 13.8 Å². The van der Waals surface area contributed by atoms with E-state index in [1.807, 2.05) is 20.8 Å². The maximum Gasteiger partial charge on any atom is 0.327 e. The summed E-state index contributed by atoms with van der Waals surface area (Å²) in [5.41, 5.74) is 2.48. The van der Waals surface area contributed by atoms with E-state index in [1.165, 1.54) is 0 Å². The highest BCUT2D eigenvalue weighted by Crippen LogP contribution is 2.00. The lowest BCUT2D eigenvalue weighted by atomic mass is 10.1. The Morgan fingerprint density at radius 2 is 1.82 bits per heavy atom. The fraction of sp³-hybridized carbons (Fsp3) is 0.875. The summed E-state index contributed by atoms with van der Waals surface area (Å²) in [7, 11) is 0. The molecular weight excluding hydrogens is 142 g/mol.